The number of nitrogens with zero attached hydrogens (tertiary/aromatic N) is 3. The lowest BCUT2D eigenvalue weighted by atomic mass is 9.96. The first-order chi connectivity index (χ1) is 9.20. The number of amides is 2. The lowest BCUT2D eigenvalue weighted by molar-refractivity contribution is 0.166. The molecule has 7 heteroatoms. The van der Waals surface area contributed by atoms with E-state index >= 15 is 0 Å². The topological polar surface area (TPSA) is 70.2 Å². The predicted octanol–water partition coefficient (Wildman–Crippen LogP) is 2.29. The number of hydrogen-bond donors (Lipinski definition) is 2. The summed E-state index contributed by atoms with van der Waals surface area (Å²) in [6, 6.07) is -0.153. The van der Waals surface area contributed by atoms with Crippen molar-refractivity contribution in [3.05, 3.63) is 17.5 Å². The molecule has 104 valence electrons. The highest BCUT2D eigenvalue weighted by Gasteiger charge is 2.22. The summed E-state index contributed by atoms with van der Waals surface area (Å²) in [6.45, 7) is 3.75. The third-order valence-electron chi connectivity index (χ3n) is 3.32. The number of piperidine rings is 1. The largest absolute Gasteiger partial charge is 0.336 e. The van der Waals surface area contributed by atoms with E-state index in [2.05, 4.69) is 27.7 Å². The summed E-state index contributed by atoms with van der Waals surface area (Å²) in [5.41, 5.74) is 5.30. The molecule has 1 aliphatic heterocycles. The van der Waals surface area contributed by atoms with Crippen LogP contribution in [-0.2, 0) is 0 Å². The van der Waals surface area contributed by atoms with Gasteiger partial charge in [-0.1, -0.05) is 24.9 Å². The van der Waals surface area contributed by atoms with Crippen LogP contribution < -0.4 is 10.9 Å². The van der Waals surface area contributed by atoms with Crippen molar-refractivity contribution in [2.24, 2.45) is 5.92 Å². The quantitative estimate of drug-likeness (QED) is 0.835. The van der Waals surface area contributed by atoms with E-state index in [-0.39, 0.29) is 11.2 Å². The van der Waals surface area contributed by atoms with Gasteiger partial charge in [0.1, 0.15) is 0 Å². The number of hydrazine groups is 1. The maximum atomic E-state index is 12.0. The number of aromatic nitrogens is 2. The molecule has 2 rings (SSSR count). The Morgan fingerprint density at radius 3 is 3.05 bits per heavy atom. The number of likely N-dealkylation sites (tertiary alicyclic amines) is 1. The first-order valence-corrected chi connectivity index (χ1v) is 6.86. The van der Waals surface area contributed by atoms with Crippen molar-refractivity contribution in [3.63, 3.8) is 0 Å². The Bertz CT molecular complexity index is 442. The van der Waals surface area contributed by atoms with Crippen LogP contribution in [-0.4, -0.2) is 34.0 Å². The molecule has 6 nitrogen and oxygen atoms in total. The highest BCUT2D eigenvalue weighted by molar-refractivity contribution is 6.31. The molecule has 0 aliphatic carbocycles. The molecule has 2 amide bonds. The Morgan fingerprint density at radius 2 is 2.32 bits per heavy atom. The zero-order valence-corrected chi connectivity index (χ0v) is 11.7. The smallest absolute Gasteiger partial charge is 0.323 e. The van der Waals surface area contributed by atoms with E-state index in [1.807, 2.05) is 4.90 Å². The van der Waals surface area contributed by atoms with Crippen LogP contribution in [0.2, 0.25) is 5.15 Å². The van der Waals surface area contributed by atoms with Gasteiger partial charge in [-0.05, 0) is 18.8 Å². The maximum absolute atomic E-state index is 12.0. The highest BCUT2D eigenvalue weighted by atomic mass is 35.5. The Morgan fingerprint density at radius 1 is 1.53 bits per heavy atom. The van der Waals surface area contributed by atoms with Crippen LogP contribution in [0.5, 0.6) is 0 Å². The summed E-state index contributed by atoms with van der Waals surface area (Å²) in [4.78, 5) is 21.7. The van der Waals surface area contributed by atoms with Crippen LogP contribution in [0.1, 0.15) is 26.2 Å². The molecule has 0 aromatic carbocycles. The third kappa shape index (κ3) is 3.70. The van der Waals surface area contributed by atoms with E-state index in [9.17, 15) is 4.79 Å². The van der Waals surface area contributed by atoms with Gasteiger partial charge in [0, 0.05) is 25.5 Å². The first kappa shape index (κ1) is 13.9. The zero-order valence-electron chi connectivity index (χ0n) is 10.9. The highest BCUT2D eigenvalue weighted by Crippen LogP contribution is 2.19. The third-order valence-corrected chi connectivity index (χ3v) is 3.60. The second-order valence-corrected chi connectivity index (χ2v) is 4.97. The van der Waals surface area contributed by atoms with Gasteiger partial charge in [0.2, 0.25) is 0 Å². The molecule has 19 heavy (non-hydrogen) atoms. The monoisotopic (exact) mass is 283 g/mol. The second kappa shape index (κ2) is 6.56. The van der Waals surface area contributed by atoms with E-state index in [4.69, 9.17) is 11.6 Å². The molecular weight excluding hydrogens is 266 g/mol. The molecular formula is C12H18ClN5O. The normalized spacial score (nSPS) is 19.1. The molecule has 0 saturated carbocycles. The van der Waals surface area contributed by atoms with Crippen LogP contribution in [0, 0.1) is 5.92 Å². The van der Waals surface area contributed by atoms with Gasteiger partial charge < -0.3 is 4.90 Å². The molecule has 0 spiro atoms. The number of nitrogens with one attached hydrogen (secondary N) is 2. The molecule has 1 aliphatic rings. The van der Waals surface area contributed by atoms with E-state index in [1.165, 1.54) is 18.8 Å². The average Bonchev–Trinajstić information content (AvgIpc) is 2.46. The van der Waals surface area contributed by atoms with Crippen molar-refractivity contribution < 1.29 is 4.79 Å². The lowest BCUT2D eigenvalue weighted by Gasteiger charge is -2.32. The van der Waals surface area contributed by atoms with E-state index in [1.54, 1.807) is 0 Å². The first-order valence-electron chi connectivity index (χ1n) is 6.48. The lowest BCUT2D eigenvalue weighted by Crippen LogP contribution is -2.47. The van der Waals surface area contributed by atoms with E-state index in [0.29, 0.717) is 11.7 Å². The minimum absolute atomic E-state index is 0.153. The fourth-order valence-corrected chi connectivity index (χ4v) is 2.33. The maximum Gasteiger partial charge on any atom is 0.336 e. The molecule has 1 aromatic heterocycles. The Balaban J connectivity index is 1.86. The van der Waals surface area contributed by atoms with Crippen molar-refractivity contribution in [1.82, 2.24) is 20.3 Å². The minimum Gasteiger partial charge on any atom is -0.323 e. The van der Waals surface area contributed by atoms with Gasteiger partial charge in [-0.3, -0.25) is 10.9 Å². The van der Waals surface area contributed by atoms with E-state index in [0.717, 1.165) is 25.9 Å². The summed E-state index contributed by atoms with van der Waals surface area (Å²) in [5.74, 6) is 0.946. The summed E-state index contributed by atoms with van der Waals surface area (Å²) in [5, 5.41) is 0.230. The molecule has 0 radical (unpaired) electrons. The van der Waals surface area contributed by atoms with Crippen molar-refractivity contribution in [1.29, 1.82) is 0 Å². The van der Waals surface area contributed by atoms with Gasteiger partial charge >= 0.3 is 6.03 Å². The number of anilines is 1. The molecule has 1 atom stereocenters. The Hall–Kier alpha value is -1.56. The number of urea groups is 1. The zero-order chi connectivity index (χ0) is 13.7. The molecule has 2 heterocycles. The number of hydrogen-bond acceptors (Lipinski definition) is 4. The predicted molar refractivity (Wildman–Crippen MR) is 73.8 cm³/mol. The SMILES string of the molecule is CCC1CCCN(C(=O)NNc2nccnc2Cl)C1. The van der Waals surface area contributed by atoms with Crippen molar-refractivity contribution in [2.75, 3.05) is 18.5 Å². The Kier molecular flexibility index (Phi) is 4.79. The summed E-state index contributed by atoms with van der Waals surface area (Å²) in [6.07, 6.45) is 6.36. The van der Waals surface area contributed by atoms with Gasteiger partial charge in [-0.25, -0.2) is 14.8 Å². The van der Waals surface area contributed by atoms with Crippen LogP contribution in [0.4, 0.5) is 10.6 Å². The Labute approximate surface area is 117 Å². The number of carbonyl (C=O) groups excluding carboxylic acids is 1. The van der Waals surface area contributed by atoms with Gasteiger partial charge in [-0.2, -0.15) is 0 Å². The van der Waals surface area contributed by atoms with Gasteiger partial charge in [0.05, 0.1) is 0 Å². The molecule has 1 unspecified atom stereocenters. The van der Waals surface area contributed by atoms with Crippen LogP contribution in [0.25, 0.3) is 0 Å². The molecule has 1 saturated heterocycles. The van der Waals surface area contributed by atoms with Crippen molar-refractivity contribution >= 4 is 23.4 Å². The molecule has 2 N–H and O–H groups in total. The number of carbonyl (C=O) groups is 1. The molecule has 1 aromatic rings. The molecule has 0 bridgehead atoms. The van der Waals surface area contributed by atoms with Gasteiger partial charge in [0.15, 0.2) is 11.0 Å². The molecule has 1 fully saturated rings. The summed E-state index contributed by atoms with van der Waals surface area (Å²) < 4.78 is 0. The van der Waals surface area contributed by atoms with Crippen LogP contribution in [0.15, 0.2) is 12.4 Å². The van der Waals surface area contributed by atoms with Gasteiger partial charge in [-0.15, -0.1) is 0 Å². The fraction of sp³-hybridized carbons (Fsp3) is 0.583. The summed E-state index contributed by atoms with van der Waals surface area (Å²) >= 11 is 5.84. The minimum atomic E-state index is -0.153. The number of rotatable bonds is 3. The van der Waals surface area contributed by atoms with Crippen LogP contribution >= 0.6 is 11.6 Å². The summed E-state index contributed by atoms with van der Waals surface area (Å²) in [7, 11) is 0. The van der Waals surface area contributed by atoms with Crippen molar-refractivity contribution in [3.8, 4) is 0 Å². The fourth-order valence-electron chi connectivity index (χ4n) is 2.18. The average molecular weight is 284 g/mol. The number of halogens is 1. The van der Waals surface area contributed by atoms with Gasteiger partial charge in [0.25, 0.3) is 0 Å². The van der Waals surface area contributed by atoms with Crippen molar-refractivity contribution in [2.45, 2.75) is 26.2 Å². The van der Waals surface area contributed by atoms with E-state index < -0.39 is 0 Å². The van der Waals surface area contributed by atoms with Crippen LogP contribution in [0.3, 0.4) is 0 Å². The second-order valence-electron chi connectivity index (χ2n) is 4.61. The standard InChI is InChI=1S/C12H18ClN5O/c1-2-9-4-3-7-18(8-9)12(19)17-16-11-10(13)14-5-6-15-11/h5-6,9H,2-4,7-8H2,1H3,(H,15,16)(H,17,19).